The van der Waals surface area contributed by atoms with Crippen LogP contribution in [0.2, 0.25) is 0 Å². The van der Waals surface area contributed by atoms with Crippen molar-refractivity contribution < 1.29 is 18.9 Å². The van der Waals surface area contributed by atoms with Gasteiger partial charge in [0, 0.05) is 44.3 Å². The first-order valence-corrected chi connectivity index (χ1v) is 44.3. The van der Waals surface area contributed by atoms with Crippen LogP contribution in [0.4, 0.5) is 0 Å². The number of nitrogens with zero attached hydrogens (tertiary/aromatic N) is 4. The number of benzene rings is 4. The summed E-state index contributed by atoms with van der Waals surface area (Å²) in [5, 5.41) is 0. The predicted molar refractivity (Wildman–Crippen MR) is 489 cm³/mol. The SMILES string of the molecule is CCC1=C(CC)c2nc1cc1[nH]c(c(CC)c1CC)c1c3nc(cc4[nH]c(c(CC)c4CC)c2-c2cccc(c2)OCCCCOc2cccc(c2)-c2c4nc(cc5[nH]c(c(CC)c5CC)c(c5nc(cc6[nH]c2c(CC)c6CC)C(CC)=C5CC)-c2cccc(c2)OCCCCOc2cccc-1c2)C(CC)=C4CC)C(CC)=C3CC. The van der Waals surface area contributed by atoms with Crippen molar-refractivity contribution in [1.82, 2.24) is 39.9 Å². The number of aromatic nitrogens is 8. The predicted octanol–water partition coefficient (Wildman–Crippen LogP) is 27.8. The van der Waals surface area contributed by atoms with E-state index in [0.29, 0.717) is 26.4 Å². The zero-order valence-corrected chi connectivity index (χ0v) is 71.9. The molecule has 12 nitrogen and oxygen atoms in total. The molecule has 4 aromatic carbocycles. The monoisotopic (exact) mass is 1540 g/mol. The van der Waals surface area contributed by atoms with Gasteiger partial charge in [0.15, 0.2) is 0 Å². The number of aromatic amines is 4. The molecule has 14 heterocycles. The molecule has 0 amide bonds. The molecular formula is C104H120N8O4. The molecule has 4 N–H and O–H groups in total. The van der Waals surface area contributed by atoms with E-state index in [0.717, 1.165) is 286 Å². The smallest absolute Gasteiger partial charge is 0.119 e. The molecule has 18 rings (SSSR count). The van der Waals surface area contributed by atoms with Crippen LogP contribution in [0, 0.1) is 0 Å². The summed E-state index contributed by atoms with van der Waals surface area (Å²) in [4.78, 5) is 40.4. The van der Waals surface area contributed by atoms with Gasteiger partial charge in [0.05, 0.1) is 94.0 Å². The second kappa shape index (κ2) is 35.4. The zero-order chi connectivity index (χ0) is 81.0. The van der Waals surface area contributed by atoms with Crippen molar-refractivity contribution in [1.29, 1.82) is 0 Å². The number of allylic oxidation sites excluding steroid dienone is 8. The van der Waals surface area contributed by atoms with E-state index in [1.807, 2.05) is 0 Å². The number of rotatable bonds is 16. The molecule has 0 atom stereocenters. The summed E-state index contributed by atoms with van der Waals surface area (Å²) in [6.07, 6.45) is 16.5. The van der Waals surface area contributed by atoms with Crippen LogP contribution in [0.3, 0.4) is 0 Å². The molecule has 0 saturated carbocycles. The lowest BCUT2D eigenvalue weighted by atomic mass is 9.92. The van der Waals surface area contributed by atoms with Crippen molar-refractivity contribution in [2.24, 2.45) is 0 Å². The molecule has 116 heavy (non-hydrogen) atoms. The fourth-order valence-corrected chi connectivity index (χ4v) is 19.8. The van der Waals surface area contributed by atoms with Crippen molar-refractivity contribution in [2.45, 2.75) is 239 Å². The van der Waals surface area contributed by atoms with Gasteiger partial charge in [0.2, 0.25) is 0 Å². The maximum absolute atomic E-state index is 6.88. The van der Waals surface area contributed by atoms with E-state index in [4.69, 9.17) is 38.9 Å². The topological polar surface area (TPSA) is 152 Å². The van der Waals surface area contributed by atoms with Crippen molar-refractivity contribution in [3.63, 3.8) is 0 Å². The highest BCUT2D eigenvalue weighted by atomic mass is 16.5. The van der Waals surface area contributed by atoms with Gasteiger partial charge in [-0.1, -0.05) is 159 Å². The van der Waals surface area contributed by atoms with Gasteiger partial charge in [0.25, 0.3) is 0 Å². The first kappa shape index (κ1) is 80.5. The first-order valence-electron chi connectivity index (χ1n) is 44.3. The summed E-state index contributed by atoms with van der Waals surface area (Å²) in [5.74, 6) is 3.30. The average Bonchev–Trinajstić information content (AvgIpc) is 1.59. The number of hydrogen-bond acceptors (Lipinski definition) is 8. The Kier molecular flexibility index (Phi) is 24.6. The highest BCUT2D eigenvalue weighted by Gasteiger charge is 2.32. The van der Waals surface area contributed by atoms with Gasteiger partial charge >= 0.3 is 0 Å². The molecule has 0 saturated heterocycles. The van der Waals surface area contributed by atoms with E-state index in [-0.39, 0.29) is 0 Å². The largest absolute Gasteiger partial charge is 0.494 e. The van der Waals surface area contributed by atoms with Crippen LogP contribution >= 0.6 is 0 Å². The van der Waals surface area contributed by atoms with Gasteiger partial charge in [0.1, 0.15) is 23.0 Å². The van der Waals surface area contributed by atoms with E-state index < -0.39 is 0 Å². The minimum atomic E-state index is 0.528. The summed E-state index contributed by atoms with van der Waals surface area (Å²) < 4.78 is 27.5. The van der Waals surface area contributed by atoms with Gasteiger partial charge in [-0.05, 0) is 313 Å². The zero-order valence-electron chi connectivity index (χ0n) is 71.9. The summed E-state index contributed by atoms with van der Waals surface area (Å²) in [7, 11) is 0. The van der Waals surface area contributed by atoms with E-state index in [1.54, 1.807) is 0 Å². The lowest BCUT2D eigenvalue weighted by Crippen LogP contribution is -2.03. The molecule has 0 fully saturated rings. The Morgan fingerprint density at radius 3 is 0.612 bits per heavy atom. The van der Waals surface area contributed by atoms with Crippen molar-refractivity contribution in [2.75, 3.05) is 26.4 Å². The fraction of sp³-hybridized carbons (Fsp3) is 0.385. The number of ether oxygens (including phenoxy) is 4. The normalized spacial score (nSPS) is 14.3. The Morgan fingerprint density at radius 2 is 0.431 bits per heavy atom. The molecule has 10 aromatic rings. The van der Waals surface area contributed by atoms with Crippen LogP contribution in [0.1, 0.15) is 278 Å². The fourth-order valence-electron chi connectivity index (χ4n) is 19.8. The number of aryl methyl sites for hydroxylation is 8. The Balaban J connectivity index is 0.928. The molecule has 600 valence electrons. The molecule has 28 bridgehead atoms. The minimum absolute atomic E-state index is 0.528. The Morgan fingerprint density at radius 1 is 0.233 bits per heavy atom. The van der Waals surface area contributed by atoms with Crippen molar-refractivity contribution >= 4 is 88.7 Å². The van der Waals surface area contributed by atoms with Crippen molar-refractivity contribution in [3.05, 3.63) is 211 Å². The van der Waals surface area contributed by atoms with Crippen LogP contribution in [0.25, 0.3) is 133 Å². The van der Waals surface area contributed by atoms with Crippen LogP contribution < -0.4 is 18.9 Å². The number of nitrogens with one attached hydrogen (secondary N) is 4. The van der Waals surface area contributed by atoms with E-state index in [9.17, 15) is 0 Å². The highest BCUT2D eigenvalue weighted by molar-refractivity contribution is 6.07. The second-order valence-corrected chi connectivity index (χ2v) is 31.3. The standard InChI is InChI=1S/C104H120N8O4/c1-17-69-77(25-9)97-93-61-41-37-45-65(53-61)113-49-33-34-50-115-67-47-39-43-63(55-67)95-101-81(29-13)73(21-5)89(109-101)59-91-75(23-7)83(31-15)103(111-91)96(104-84(32-16)76(24-8)92(112-104)60-90-74(22-6)82(30-14)102(95)110-90)64-44-40-48-68(56-64)116-52-36-35-51-114-66-46-38-42-62(54-66)94(99-78(26-10)70(18-2)86(106-99)57-85(69)105-97)100-80(28-12)72(20-4)88(108-100)58-87-71(19-3)79(27-11)98(93)107-87/h37-48,53-60,105,108-109,112H,17-36,49-52H2,1-16H3. The summed E-state index contributed by atoms with van der Waals surface area (Å²) >= 11 is 0. The third kappa shape index (κ3) is 14.7. The summed E-state index contributed by atoms with van der Waals surface area (Å²) in [6, 6.07) is 44.6. The Hall–Kier alpha value is -10.7. The molecule has 12 heteroatoms. The quantitative estimate of drug-likeness (QED) is 0.0746. The summed E-state index contributed by atoms with van der Waals surface area (Å²) in [5.41, 5.74) is 46.1. The van der Waals surface area contributed by atoms with Crippen LogP contribution in [-0.4, -0.2) is 66.3 Å². The average molecular weight is 1550 g/mol. The maximum atomic E-state index is 6.88. The van der Waals surface area contributed by atoms with E-state index in [2.05, 4.69) is 252 Å². The summed E-state index contributed by atoms with van der Waals surface area (Å²) in [6.45, 7) is 38.9. The first-order chi connectivity index (χ1) is 56.8. The molecule has 0 unspecified atom stereocenters. The molecule has 8 aliphatic rings. The second-order valence-electron chi connectivity index (χ2n) is 31.3. The molecule has 6 aromatic heterocycles. The molecule has 0 radical (unpaired) electrons. The van der Waals surface area contributed by atoms with Crippen molar-refractivity contribution in [3.8, 4) is 67.5 Å². The number of hydrogen-bond donors (Lipinski definition) is 4. The molecule has 8 aliphatic heterocycles. The minimum Gasteiger partial charge on any atom is -0.494 e. The highest BCUT2D eigenvalue weighted by Crippen LogP contribution is 2.50. The van der Waals surface area contributed by atoms with Gasteiger partial charge < -0.3 is 38.9 Å². The lowest BCUT2D eigenvalue weighted by molar-refractivity contribution is 0.266. The number of H-pyrrole nitrogens is 4. The van der Waals surface area contributed by atoms with Gasteiger partial charge in [-0.25, -0.2) is 19.9 Å². The van der Waals surface area contributed by atoms with Gasteiger partial charge in [-0.2, -0.15) is 0 Å². The van der Waals surface area contributed by atoms with Crippen LogP contribution in [0.15, 0.2) is 121 Å². The Labute approximate surface area is 688 Å². The van der Waals surface area contributed by atoms with Gasteiger partial charge in [-0.3, -0.25) is 0 Å². The van der Waals surface area contributed by atoms with Crippen LogP contribution in [0.5, 0.6) is 23.0 Å². The van der Waals surface area contributed by atoms with Gasteiger partial charge in [-0.15, -0.1) is 0 Å². The third-order valence-corrected chi connectivity index (χ3v) is 25.1. The maximum Gasteiger partial charge on any atom is 0.119 e. The molecular weight excluding hydrogens is 1430 g/mol. The van der Waals surface area contributed by atoms with E-state index in [1.165, 1.54) is 89.1 Å². The molecule has 0 spiro atoms. The van der Waals surface area contributed by atoms with E-state index >= 15 is 0 Å². The lowest BCUT2D eigenvalue weighted by Gasteiger charge is -2.13. The third-order valence-electron chi connectivity index (χ3n) is 25.1. The van der Waals surface area contributed by atoms with Crippen LogP contribution in [-0.2, 0) is 51.4 Å². The molecule has 0 aliphatic carbocycles. The Bertz CT molecular complexity index is 5230.